The van der Waals surface area contributed by atoms with Crippen LogP contribution in [0.2, 0.25) is 0 Å². The van der Waals surface area contributed by atoms with Crippen molar-refractivity contribution in [3.63, 3.8) is 0 Å². The van der Waals surface area contributed by atoms with E-state index in [1.54, 1.807) is 17.5 Å². The first-order valence-corrected chi connectivity index (χ1v) is 6.35. The van der Waals surface area contributed by atoms with E-state index in [2.05, 4.69) is 16.4 Å². The largest absolute Gasteiger partial charge is 0.393 e. The molecule has 2 aromatic heterocycles. The third-order valence-electron chi connectivity index (χ3n) is 2.67. The number of aryl methyl sites for hydroxylation is 2. The lowest BCUT2D eigenvalue weighted by Crippen LogP contribution is -2.12. The fraction of sp³-hybridized carbons (Fsp3) is 0.417. The molecule has 86 valence electrons. The molecule has 2 aromatic rings. The molecule has 0 saturated heterocycles. The Bertz CT molecular complexity index is 422. The number of rotatable bonds is 5. The van der Waals surface area contributed by atoms with Crippen LogP contribution in [0.3, 0.4) is 0 Å². The standard InChI is InChI=1S/C12H16N2OS/c1-14-6-5-13-12(14)3-2-11(15)8-10-4-7-16-9-10/h4-7,9,11,15H,2-3,8H2,1H3. The number of hydrogen-bond donors (Lipinski definition) is 1. The summed E-state index contributed by atoms with van der Waals surface area (Å²) in [4.78, 5) is 4.24. The average Bonchev–Trinajstić information content (AvgIpc) is 2.87. The van der Waals surface area contributed by atoms with E-state index in [0.29, 0.717) is 0 Å². The van der Waals surface area contributed by atoms with E-state index < -0.39 is 0 Å². The van der Waals surface area contributed by atoms with E-state index in [0.717, 1.165) is 25.1 Å². The summed E-state index contributed by atoms with van der Waals surface area (Å²) in [6.07, 6.45) is 5.79. The molecule has 1 atom stereocenters. The molecule has 1 N–H and O–H groups in total. The van der Waals surface area contributed by atoms with Crippen LogP contribution >= 0.6 is 11.3 Å². The molecular formula is C12H16N2OS. The van der Waals surface area contributed by atoms with Crippen LogP contribution in [0.1, 0.15) is 17.8 Å². The third-order valence-corrected chi connectivity index (χ3v) is 3.41. The Morgan fingerprint density at radius 2 is 2.44 bits per heavy atom. The predicted octanol–water partition coefficient (Wildman–Crippen LogP) is 2.02. The molecule has 0 amide bonds. The second-order valence-corrected chi connectivity index (χ2v) is 4.76. The lowest BCUT2D eigenvalue weighted by molar-refractivity contribution is 0.164. The van der Waals surface area contributed by atoms with Gasteiger partial charge in [-0.15, -0.1) is 0 Å². The fourth-order valence-electron chi connectivity index (χ4n) is 1.72. The van der Waals surface area contributed by atoms with Gasteiger partial charge in [-0.2, -0.15) is 11.3 Å². The second-order valence-electron chi connectivity index (χ2n) is 3.98. The summed E-state index contributed by atoms with van der Waals surface area (Å²) in [6, 6.07) is 2.06. The highest BCUT2D eigenvalue weighted by Crippen LogP contribution is 2.11. The number of aliphatic hydroxyl groups excluding tert-OH is 1. The van der Waals surface area contributed by atoms with Gasteiger partial charge in [0.1, 0.15) is 5.82 Å². The van der Waals surface area contributed by atoms with Gasteiger partial charge in [-0.05, 0) is 35.2 Å². The summed E-state index contributed by atoms with van der Waals surface area (Å²) in [5, 5.41) is 14.0. The van der Waals surface area contributed by atoms with Crippen LogP contribution in [0.15, 0.2) is 29.2 Å². The van der Waals surface area contributed by atoms with Gasteiger partial charge >= 0.3 is 0 Å². The van der Waals surface area contributed by atoms with E-state index in [1.807, 2.05) is 23.2 Å². The molecule has 0 spiro atoms. The second kappa shape index (κ2) is 5.27. The summed E-state index contributed by atoms with van der Waals surface area (Å²) in [5.74, 6) is 1.03. The van der Waals surface area contributed by atoms with Crippen LogP contribution in [0.5, 0.6) is 0 Å². The monoisotopic (exact) mass is 236 g/mol. The van der Waals surface area contributed by atoms with Gasteiger partial charge in [-0.3, -0.25) is 0 Å². The molecule has 16 heavy (non-hydrogen) atoms. The molecule has 4 heteroatoms. The Morgan fingerprint density at radius 3 is 3.06 bits per heavy atom. The van der Waals surface area contributed by atoms with Gasteiger partial charge in [0.2, 0.25) is 0 Å². The number of aliphatic hydroxyl groups is 1. The molecule has 3 nitrogen and oxygen atoms in total. The Kier molecular flexibility index (Phi) is 3.74. The Balaban J connectivity index is 1.80. The normalized spacial score (nSPS) is 12.9. The van der Waals surface area contributed by atoms with E-state index in [-0.39, 0.29) is 6.10 Å². The summed E-state index contributed by atoms with van der Waals surface area (Å²) in [7, 11) is 1.98. The molecule has 0 bridgehead atoms. The smallest absolute Gasteiger partial charge is 0.108 e. The summed E-state index contributed by atoms with van der Waals surface area (Å²) >= 11 is 1.67. The van der Waals surface area contributed by atoms with Gasteiger partial charge in [0, 0.05) is 25.9 Å². The highest BCUT2D eigenvalue weighted by atomic mass is 32.1. The summed E-state index contributed by atoms with van der Waals surface area (Å²) in [5.41, 5.74) is 1.22. The lowest BCUT2D eigenvalue weighted by Gasteiger charge is -2.09. The topological polar surface area (TPSA) is 38.0 Å². The number of aromatic nitrogens is 2. The summed E-state index contributed by atoms with van der Waals surface area (Å²) < 4.78 is 2.00. The Morgan fingerprint density at radius 1 is 1.56 bits per heavy atom. The first-order valence-electron chi connectivity index (χ1n) is 5.41. The van der Waals surface area contributed by atoms with E-state index in [4.69, 9.17) is 0 Å². The molecule has 2 heterocycles. The quantitative estimate of drug-likeness (QED) is 0.862. The molecule has 0 aliphatic heterocycles. The maximum absolute atomic E-state index is 9.88. The van der Waals surface area contributed by atoms with Crippen molar-refractivity contribution in [2.75, 3.05) is 0 Å². The maximum Gasteiger partial charge on any atom is 0.108 e. The predicted molar refractivity (Wildman–Crippen MR) is 65.6 cm³/mol. The minimum Gasteiger partial charge on any atom is -0.393 e. The molecule has 0 aromatic carbocycles. The maximum atomic E-state index is 9.88. The minimum absolute atomic E-state index is 0.272. The molecule has 0 fully saturated rings. The number of imidazole rings is 1. The number of nitrogens with zero attached hydrogens (tertiary/aromatic N) is 2. The molecule has 0 aliphatic rings. The Labute approximate surface area is 99.4 Å². The van der Waals surface area contributed by atoms with Crippen molar-refractivity contribution in [2.45, 2.75) is 25.4 Å². The van der Waals surface area contributed by atoms with Crippen molar-refractivity contribution < 1.29 is 5.11 Å². The van der Waals surface area contributed by atoms with Crippen molar-refractivity contribution in [1.29, 1.82) is 0 Å². The van der Waals surface area contributed by atoms with Crippen molar-refractivity contribution >= 4 is 11.3 Å². The van der Waals surface area contributed by atoms with Gasteiger partial charge in [-0.1, -0.05) is 0 Å². The first kappa shape index (κ1) is 11.4. The number of thiophene rings is 1. The van der Waals surface area contributed by atoms with Crippen LogP contribution in [0.4, 0.5) is 0 Å². The van der Waals surface area contributed by atoms with Crippen LogP contribution < -0.4 is 0 Å². The highest BCUT2D eigenvalue weighted by Gasteiger charge is 2.08. The third kappa shape index (κ3) is 2.93. The summed E-state index contributed by atoms with van der Waals surface area (Å²) in [6.45, 7) is 0. The van der Waals surface area contributed by atoms with Crippen LogP contribution in [0.25, 0.3) is 0 Å². The van der Waals surface area contributed by atoms with Gasteiger partial charge in [0.15, 0.2) is 0 Å². The fourth-order valence-corrected chi connectivity index (χ4v) is 2.40. The van der Waals surface area contributed by atoms with E-state index in [9.17, 15) is 5.11 Å². The van der Waals surface area contributed by atoms with Crippen LogP contribution in [-0.4, -0.2) is 20.8 Å². The average molecular weight is 236 g/mol. The lowest BCUT2D eigenvalue weighted by atomic mass is 10.1. The minimum atomic E-state index is -0.272. The van der Waals surface area contributed by atoms with Gasteiger partial charge in [-0.25, -0.2) is 4.98 Å². The molecule has 0 saturated carbocycles. The SMILES string of the molecule is Cn1ccnc1CCC(O)Cc1ccsc1. The zero-order valence-electron chi connectivity index (χ0n) is 9.34. The van der Waals surface area contributed by atoms with Gasteiger partial charge in [0.25, 0.3) is 0 Å². The molecule has 2 rings (SSSR count). The van der Waals surface area contributed by atoms with Crippen molar-refractivity contribution in [3.05, 3.63) is 40.6 Å². The highest BCUT2D eigenvalue weighted by molar-refractivity contribution is 7.07. The zero-order chi connectivity index (χ0) is 11.4. The molecular weight excluding hydrogens is 220 g/mol. The van der Waals surface area contributed by atoms with Crippen molar-refractivity contribution in [2.24, 2.45) is 7.05 Å². The molecule has 0 radical (unpaired) electrons. The molecule has 0 aliphatic carbocycles. The van der Waals surface area contributed by atoms with Gasteiger partial charge < -0.3 is 9.67 Å². The zero-order valence-corrected chi connectivity index (χ0v) is 10.2. The van der Waals surface area contributed by atoms with Gasteiger partial charge in [0.05, 0.1) is 6.10 Å². The van der Waals surface area contributed by atoms with Crippen LogP contribution in [0, 0.1) is 0 Å². The van der Waals surface area contributed by atoms with Crippen LogP contribution in [-0.2, 0) is 19.9 Å². The Hall–Kier alpha value is -1.13. The number of hydrogen-bond acceptors (Lipinski definition) is 3. The molecule has 1 unspecified atom stereocenters. The first-order chi connectivity index (χ1) is 7.75. The van der Waals surface area contributed by atoms with Crippen molar-refractivity contribution in [3.8, 4) is 0 Å². The van der Waals surface area contributed by atoms with Crippen molar-refractivity contribution in [1.82, 2.24) is 9.55 Å². The van der Waals surface area contributed by atoms with E-state index in [1.165, 1.54) is 5.56 Å². The van der Waals surface area contributed by atoms with E-state index >= 15 is 0 Å².